The second-order valence-electron chi connectivity index (χ2n) is 7.08. The highest BCUT2D eigenvalue weighted by Gasteiger charge is 2.47. The Kier molecular flexibility index (Phi) is 5.59. The van der Waals surface area contributed by atoms with E-state index in [4.69, 9.17) is 11.6 Å². The van der Waals surface area contributed by atoms with Crippen molar-refractivity contribution in [2.75, 3.05) is 27.5 Å². The van der Waals surface area contributed by atoms with Crippen LogP contribution in [0.3, 0.4) is 0 Å². The number of nitrogens with one attached hydrogen (secondary N) is 1. The third-order valence-electron chi connectivity index (χ3n) is 5.02. The van der Waals surface area contributed by atoms with Crippen molar-refractivity contribution >= 4 is 55.6 Å². The zero-order valence-electron chi connectivity index (χ0n) is 15.7. The smallest absolute Gasteiger partial charge is 0.234 e. The molecule has 1 fully saturated rings. The van der Waals surface area contributed by atoms with Crippen LogP contribution in [-0.4, -0.2) is 48.8 Å². The first kappa shape index (κ1) is 20.3. The summed E-state index contributed by atoms with van der Waals surface area (Å²) < 4.78 is 24.2. The van der Waals surface area contributed by atoms with Gasteiger partial charge in [-0.15, -0.1) is 0 Å². The van der Waals surface area contributed by atoms with Gasteiger partial charge in [0.15, 0.2) is 15.0 Å². The Hall–Kier alpha value is -2.03. The van der Waals surface area contributed by atoms with E-state index in [1.165, 1.54) is 11.8 Å². The fourth-order valence-electron chi connectivity index (χ4n) is 3.58. The predicted octanol–water partition coefficient (Wildman–Crippen LogP) is 3.36. The van der Waals surface area contributed by atoms with E-state index in [9.17, 15) is 13.2 Å². The number of carbonyl (C=O) groups is 1. The molecule has 0 bridgehead atoms. The van der Waals surface area contributed by atoms with Crippen LogP contribution in [0.15, 0.2) is 53.5 Å². The molecule has 1 N–H and O–H groups in total. The summed E-state index contributed by atoms with van der Waals surface area (Å²) in [7, 11) is -3.10. The third kappa shape index (κ3) is 4.29. The molecule has 2 aromatic carbocycles. The van der Waals surface area contributed by atoms with Gasteiger partial charge < -0.3 is 10.2 Å². The number of para-hydroxylation sites is 1. The molecule has 2 atom stereocenters. The highest BCUT2D eigenvalue weighted by Crippen LogP contribution is 2.35. The number of sulfone groups is 1. The predicted molar refractivity (Wildman–Crippen MR) is 120 cm³/mol. The van der Waals surface area contributed by atoms with Crippen LogP contribution in [0.2, 0.25) is 5.02 Å². The summed E-state index contributed by atoms with van der Waals surface area (Å²) in [4.78, 5) is 19.1. The Morgan fingerprint density at radius 2 is 1.97 bits per heavy atom. The van der Waals surface area contributed by atoms with Crippen molar-refractivity contribution < 1.29 is 13.2 Å². The minimum atomic E-state index is -3.10. The number of benzene rings is 2. The molecular formula is C20H20ClN3O3S2. The molecule has 0 aromatic heterocycles. The number of fused-ring (bicyclic) bond motifs is 1. The van der Waals surface area contributed by atoms with Gasteiger partial charge in [-0.3, -0.25) is 9.79 Å². The topological polar surface area (TPSA) is 78.8 Å². The van der Waals surface area contributed by atoms with Crippen molar-refractivity contribution in [2.24, 2.45) is 4.99 Å². The van der Waals surface area contributed by atoms with Crippen LogP contribution in [0, 0.1) is 6.92 Å². The van der Waals surface area contributed by atoms with Crippen LogP contribution >= 0.6 is 23.4 Å². The number of amidine groups is 1. The van der Waals surface area contributed by atoms with Crippen molar-refractivity contribution in [3.05, 3.63) is 59.1 Å². The lowest BCUT2D eigenvalue weighted by Gasteiger charge is -2.26. The molecule has 1 saturated heterocycles. The van der Waals surface area contributed by atoms with Crippen LogP contribution in [0.1, 0.15) is 5.56 Å². The number of aliphatic imine (C=N–C) groups is 1. The van der Waals surface area contributed by atoms with Crippen molar-refractivity contribution in [1.29, 1.82) is 0 Å². The van der Waals surface area contributed by atoms with E-state index >= 15 is 0 Å². The summed E-state index contributed by atoms with van der Waals surface area (Å²) in [6.07, 6.45) is 0. The van der Waals surface area contributed by atoms with Crippen molar-refractivity contribution in [3.8, 4) is 0 Å². The van der Waals surface area contributed by atoms with Crippen LogP contribution < -0.4 is 10.2 Å². The number of halogens is 1. The first-order chi connectivity index (χ1) is 13.8. The highest BCUT2D eigenvalue weighted by atomic mass is 35.5. The minimum absolute atomic E-state index is 0.0545. The molecule has 152 valence electrons. The molecule has 9 heteroatoms. The van der Waals surface area contributed by atoms with Gasteiger partial charge in [0.2, 0.25) is 5.91 Å². The number of hydrogen-bond acceptors (Lipinski definition) is 6. The second kappa shape index (κ2) is 8.01. The van der Waals surface area contributed by atoms with Gasteiger partial charge in [-0.2, -0.15) is 0 Å². The SMILES string of the molecule is Cc1c(Cl)cccc1NC(=O)CSC1=N[C@H]2CS(=O)(=O)C[C@H]2N1c1ccccc1. The maximum absolute atomic E-state index is 12.5. The van der Waals surface area contributed by atoms with E-state index in [0.717, 1.165) is 11.3 Å². The molecule has 2 aromatic rings. The number of thioether (sulfide) groups is 1. The Bertz CT molecular complexity index is 1070. The molecule has 2 aliphatic rings. The normalized spacial score (nSPS) is 22.3. The van der Waals surface area contributed by atoms with Gasteiger partial charge in [-0.1, -0.05) is 47.6 Å². The summed E-state index contributed by atoms with van der Waals surface area (Å²) in [5.74, 6) is 0.133. The fraction of sp³-hybridized carbons (Fsp3) is 0.300. The average molecular weight is 450 g/mol. The molecule has 2 heterocycles. The number of hydrogen-bond donors (Lipinski definition) is 1. The zero-order valence-corrected chi connectivity index (χ0v) is 18.1. The molecule has 6 nitrogen and oxygen atoms in total. The summed E-state index contributed by atoms with van der Waals surface area (Å²) in [5, 5.41) is 4.16. The second-order valence-corrected chi connectivity index (χ2v) is 10.6. The highest BCUT2D eigenvalue weighted by molar-refractivity contribution is 8.14. The monoisotopic (exact) mass is 449 g/mol. The van der Waals surface area contributed by atoms with E-state index in [-0.39, 0.29) is 35.2 Å². The van der Waals surface area contributed by atoms with E-state index < -0.39 is 9.84 Å². The first-order valence-electron chi connectivity index (χ1n) is 9.14. The minimum Gasteiger partial charge on any atom is -0.325 e. The molecule has 0 aliphatic carbocycles. The van der Waals surface area contributed by atoms with E-state index in [1.54, 1.807) is 12.1 Å². The molecule has 2 aliphatic heterocycles. The maximum Gasteiger partial charge on any atom is 0.234 e. The van der Waals surface area contributed by atoms with Gasteiger partial charge in [-0.25, -0.2) is 8.42 Å². The Morgan fingerprint density at radius 3 is 2.72 bits per heavy atom. The van der Waals surface area contributed by atoms with Crippen molar-refractivity contribution in [1.82, 2.24) is 0 Å². The van der Waals surface area contributed by atoms with E-state index in [1.807, 2.05) is 48.2 Å². The van der Waals surface area contributed by atoms with Gasteiger partial charge in [0, 0.05) is 16.4 Å². The number of amides is 1. The Labute approximate surface area is 179 Å². The number of carbonyl (C=O) groups excluding carboxylic acids is 1. The zero-order chi connectivity index (χ0) is 20.6. The van der Waals surface area contributed by atoms with Crippen LogP contribution in [0.25, 0.3) is 0 Å². The summed E-state index contributed by atoms with van der Waals surface area (Å²) in [6.45, 7) is 1.85. The molecule has 29 heavy (non-hydrogen) atoms. The van der Waals surface area contributed by atoms with Crippen molar-refractivity contribution in [3.63, 3.8) is 0 Å². The molecule has 0 spiro atoms. The molecular weight excluding hydrogens is 430 g/mol. The average Bonchev–Trinajstić information content (AvgIpc) is 3.15. The summed E-state index contributed by atoms with van der Waals surface area (Å²) >= 11 is 7.43. The van der Waals surface area contributed by atoms with Gasteiger partial charge >= 0.3 is 0 Å². The van der Waals surface area contributed by atoms with Crippen molar-refractivity contribution in [2.45, 2.75) is 19.0 Å². The van der Waals surface area contributed by atoms with E-state index in [0.29, 0.717) is 15.9 Å². The Morgan fingerprint density at radius 1 is 1.21 bits per heavy atom. The fourth-order valence-corrected chi connectivity index (χ4v) is 6.52. The molecule has 4 rings (SSSR count). The molecule has 0 saturated carbocycles. The van der Waals surface area contributed by atoms with Crippen LogP contribution in [-0.2, 0) is 14.6 Å². The van der Waals surface area contributed by atoms with Gasteiger partial charge in [0.25, 0.3) is 0 Å². The summed E-state index contributed by atoms with van der Waals surface area (Å²) in [6, 6.07) is 14.4. The molecule has 0 radical (unpaired) electrons. The maximum atomic E-state index is 12.5. The largest absolute Gasteiger partial charge is 0.325 e. The number of anilines is 2. The van der Waals surface area contributed by atoms with E-state index in [2.05, 4.69) is 10.3 Å². The van der Waals surface area contributed by atoms with Crippen LogP contribution in [0.4, 0.5) is 11.4 Å². The Balaban J connectivity index is 1.49. The van der Waals surface area contributed by atoms with Gasteiger partial charge in [-0.05, 0) is 36.8 Å². The lowest BCUT2D eigenvalue weighted by atomic mass is 10.1. The number of nitrogens with zero attached hydrogens (tertiary/aromatic N) is 2. The lowest BCUT2D eigenvalue weighted by Crippen LogP contribution is -2.39. The first-order valence-corrected chi connectivity index (χ1v) is 12.3. The third-order valence-corrected chi connectivity index (χ3v) is 8.09. The lowest BCUT2D eigenvalue weighted by molar-refractivity contribution is -0.113. The van der Waals surface area contributed by atoms with Gasteiger partial charge in [0.1, 0.15) is 0 Å². The molecule has 1 amide bonds. The van der Waals surface area contributed by atoms with Crippen LogP contribution in [0.5, 0.6) is 0 Å². The quantitative estimate of drug-likeness (QED) is 0.774. The van der Waals surface area contributed by atoms with Gasteiger partial charge in [0.05, 0.1) is 29.3 Å². The molecule has 0 unspecified atom stereocenters. The standard InChI is InChI=1S/C20H20ClN3O3S2/c1-13-15(21)8-5-9-16(13)22-19(25)10-28-20-23-17-11-29(26,27)12-18(17)24(20)14-6-3-2-4-7-14/h2-9,17-18H,10-12H2,1H3,(H,22,25)/t17-,18+/m0/s1. The number of rotatable bonds is 4. The summed E-state index contributed by atoms with van der Waals surface area (Å²) in [5.41, 5.74) is 2.38.